The average Bonchev–Trinajstić information content (AvgIpc) is 2.65. The summed E-state index contributed by atoms with van der Waals surface area (Å²) in [5.74, 6) is -2.49. The van der Waals surface area contributed by atoms with Gasteiger partial charge in [0.15, 0.2) is 17.4 Å². The molecule has 0 atom stereocenters. The maximum Gasteiger partial charge on any atom is 0.256 e. The van der Waals surface area contributed by atoms with Gasteiger partial charge >= 0.3 is 0 Å². The van der Waals surface area contributed by atoms with Crippen LogP contribution in [0.4, 0.5) is 26.0 Å². The van der Waals surface area contributed by atoms with E-state index in [9.17, 15) is 18.4 Å². The number of aromatic nitrogens is 1. The summed E-state index contributed by atoms with van der Waals surface area (Å²) in [6.07, 6.45) is 1.50. The standard InChI is InChI=1S/C20H15F2N3O2/c1-12(26)13-3-2-4-15(9-13)24-16-6-8-19(23-11-16)25-20(27)14-5-7-17(21)18(22)10-14/h2-11,24H,1H3,(H,23,25,27). The molecule has 0 fully saturated rings. The van der Waals surface area contributed by atoms with E-state index in [1.165, 1.54) is 19.2 Å². The van der Waals surface area contributed by atoms with Crippen LogP contribution in [-0.4, -0.2) is 16.7 Å². The minimum atomic E-state index is -1.09. The van der Waals surface area contributed by atoms with Gasteiger partial charge in [0.05, 0.1) is 11.9 Å². The monoisotopic (exact) mass is 367 g/mol. The highest BCUT2D eigenvalue weighted by Crippen LogP contribution is 2.19. The molecule has 2 aromatic carbocycles. The second kappa shape index (κ2) is 7.74. The van der Waals surface area contributed by atoms with E-state index in [0.717, 1.165) is 17.8 Å². The van der Waals surface area contributed by atoms with Crippen molar-refractivity contribution in [1.82, 2.24) is 4.98 Å². The van der Waals surface area contributed by atoms with Gasteiger partial charge < -0.3 is 10.6 Å². The van der Waals surface area contributed by atoms with E-state index in [2.05, 4.69) is 15.6 Å². The van der Waals surface area contributed by atoms with Gasteiger partial charge in [0, 0.05) is 16.8 Å². The van der Waals surface area contributed by atoms with Crippen LogP contribution in [0, 0.1) is 11.6 Å². The lowest BCUT2D eigenvalue weighted by Crippen LogP contribution is -2.13. The third-order valence-electron chi connectivity index (χ3n) is 3.74. The maximum absolute atomic E-state index is 13.2. The number of nitrogens with zero attached hydrogens (tertiary/aromatic N) is 1. The first-order chi connectivity index (χ1) is 12.9. The lowest BCUT2D eigenvalue weighted by molar-refractivity contribution is 0.101. The van der Waals surface area contributed by atoms with Crippen LogP contribution in [0.15, 0.2) is 60.8 Å². The minimum Gasteiger partial charge on any atom is -0.354 e. The van der Waals surface area contributed by atoms with Gasteiger partial charge in [-0.05, 0) is 49.4 Å². The fraction of sp³-hybridized carbons (Fsp3) is 0.0500. The van der Waals surface area contributed by atoms with E-state index < -0.39 is 17.5 Å². The van der Waals surface area contributed by atoms with Gasteiger partial charge in [-0.25, -0.2) is 13.8 Å². The average molecular weight is 367 g/mol. The Hall–Kier alpha value is -3.61. The molecular formula is C20H15F2N3O2. The molecule has 1 amide bonds. The van der Waals surface area contributed by atoms with E-state index in [4.69, 9.17) is 0 Å². The van der Waals surface area contributed by atoms with Crippen LogP contribution in [-0.2, 0) is 0 Å². The summed E-state index contributed by atoms with van der Waals surface area (Å²) in [5, 5.41) is 5.61. The summed E-state index contributed by atoms with van der Waals surface area (Å²) in [7, 11) is 0. The molecule has 2 N–H and O–H groups in total. The molecule has 1 heterocycles. The summed E-state index contributed by atoms with van der Waals surface area (Å²) in [6.45, 7) is 1.49. The smallest absolute Gasteiger partial charge is 0.256 e. The molecule has 7 heteroatoms. The molecule has 27 heavy (non-hydrogen) atoms. The Morgan fingerprint density at radius 3 is 2.37 bits per heavy atom. The number of pyridine rings is 1. The topological polar surface area (TPSA) is 71.1 Å². The highest BCUT2D eigenvalue weighted by molar-refractivity contribution is 6.03. The third kappa shape index (κ3) is 4.52. The number of amides is 1. The zero-order chi connectivity index (χ0) is 19.4. The molecule has 0 aliphatic heterocycles. The fourth-order valence-corrected chi connectivity index (χ4v) is 2.35. The quantitative estimate of drug-likeness (QED) is 0.649. The molecule has 0 spiro atoms. The highest BCUT2D eigenvalue weighted by Gasteiger charge is 2.10. The molecule has 0 radical (unpaired) electrons. The van der Waals surface area contributed by atoms with E-state index in [1.54, 1.807) is 30.3 Å². The van der Waals surface area contributed by atoms with Crippen LogP contribution in [0.5, 0.6) is 0 Å². The molecule has 3 aromatic rings. The number of anilines is 3. The normalized spacial score (nSPS) is 10.3. The predicted molar refractivity (Wildman–Crippen MR) is 98.3 cm³/mol. The zero-order valence-corrected chi connectivity index (χ0v) is 14.3. The Morgan fingerprint density at radius 1 is 0.889 bits per heavy atom. The van der Waals surface area contributed by atoms with Crippen molar-refractivity contribution in [3.8, 4) is 0 Å². The molecule has 1 aromatic heterocycles. The Bertz CT molecular complexity index is 1000. The van der Waals surface area contributed by atoms with Crippen LogP contribution in [0.2, 0.25) is 0 Å². The van der Waals surface area contributed by atoms with Crippen LogP contribution in [0.25, 0.3) is 0 Å². The van der Waals surface area contributed by atoms with Crippen LogP contribution in [0.3, 0.4) is 0 Å². The Balaban J connectivity index is 1.68. The van der Waals surface area contributed by atoms with Crippen LogP contribution in [0.1, 0.15) is 27.6 Å². The van der Waals surface area contributed by atoms with E-state index in [1.807, 2.05) is 6.07 Å². The molecule has 136 valence electrons. The Morgan fingerprint density at radius 2 is 1.70 bits per heavy atom. The van der Waals surface area contributed by atoms with Crippen LogP contribution >= 0.6 is 0 Å². The van der Waals surface area contributed by atoms with Crippen molar-refractivity contribution < 1.29 is 18.4 Å². The maximum atomic E-state index is 13.2. The first kappa shape index (κ1) is 18.2. The van der Waals surface area contributed by atoms with Gasteiger partial charge in [0.2, 0.25) is 0 Å². The second-order valence-electron chi connectivity index (χ2n) is 5.78. The number of hydrogen-bond donors (Lipinski definition) is 2. The minimum absolute atomic E-state index is 0.0149. The van der Waals surface area contributed by atoms with Crippen molar-refractivity contribution in [2.24, 2.45) is 0 Å². The van der Waals surface area contributed by atoms with E-state index in [-0.39, 0.29) is 17.2 Å². The summed E-state index contributed by atoms with van der Waals surface area (Å²) >= 11 is 0. The number of hydrogen-bond acceptors (Lipinski definition) is 4. The Labute approximate surface area is 154 Å². The predicted octanol–water partition coefficient (Wildman–Crippen LogP) is 4.56. The van der Waals surface area contributed by atoms with Crippen molar-refractivity contribution in [3.05, 3.63) is 83.6 Å². The van der Waals surface area contributed by atoms with E-state index >= 15 is 0 Å². The Kier molecular flexibility index (Phi) is 5.21. The van der Waals surface area contributed by atoms with Crippen molar-refractivity contribution in [3.63, 3.8) is 0 Å². The van der Waals surface area contributed by atoms with Crippen LogP contribution < -0.4 is 10.6 Å². The molecule has 0 aliphatic rings. The molecular weight excluding hydrogens is 352 g/mol. The lowest BCUT2D eigenvalue weighted by atomic mass is 10.1. The van der Waals surface area contributed by atoms with Crippen molar-refractivity contribution >= 4 is 28.9 Å². The largest absolute Gasteiger partial charge is 0.354 e. The van der Waals surface area contributed by atoms with Crippen molar-refractivity contribution in [2.45, 2.75) is 6.92 Å². The number of rotatable bonds is 5. The zero-order valence-electron chi connectivity index (χ0n) is 14.3. The van der Waals surface area contributed by atoms with Gasteiger partial charge in [-0.3, -0.25) is 9.59 Å². The van der Waals surface area contributed by atoms with Gasteiger partial charge in [-0.15, -0.1) is 0 Å². The van der Waals surface area contributed by atoms with Gasteiger partial charge in [0.1, 0.15) is 5.82 Å². The summed E-state index contributed by atoms with van der Waals surface area (Å²) in [5.41, 5.74) is 1.95. The first-order valence-electron chi connectivity index (χ1n) is 8.03. The number of nitrogens with one attached hydrogen (secondary N) is 2. The number of carbonyl (C=O) groups is 2. The van der Waals surface area contributed by atoms with Gasteiger partial charge in [-0.2, -0.15) is 0 Å². The second-order valence-corrected chi connectivity index (χ2v) is 5.78. The lowest BCUT2D eigenvalue weighted by Gasteiger charge is -2.09. The van der Waals surface area contributed by atoms with Gasteiger partial charge in [0.25, 0.3) is 5.91 Å². The first-order valence-corrected chi connectivity index (χ1v) is 8.03. The molecule has 3 rings (SSSR count). The molecule has 0 aliphatic carbocycles. The van der Waals surface area contributed by atoms with Gasteiger partial charge in [-0.1, -0.05) is 12.1 Å². The number of carbonyl (C=O) groups excluding carboxylic acids is 2. The number of ketones is 1. The summed E-state index contributed by atoms with van der Waals surface area (Å²) < 4.78 is 26.2. The van der Waals surface area contributed by atoms with Crippen molar-refractivity contribution in [1.29, 1.82) is 0 Å². The van der Waals surface area contributed by atoms with E-state index in [0.29, 0.717) is 11.3 Å². The molecule has 0 unspecified atom stereocenters. The third-order valence-corrected chi connectivity index (χ3v) is 3.74. The molecule has 0 saturated carbocycles. The molecule has 0 saturated heterocycles. The number of halogens is 2. The fourth-order valence-electron chi connectivity index (χ4n) is 2.35. The number of benzene rings is 2. The summed E-state index contributed by atoms with van der Waals surface area (Å²) in [6, 6.07) is 13.2. The summed E-state index contributed by atoms with van der Waals surface area (Å²) in [4.78, 5) is 27.6. The van der Waals surface area contributed by atoms with Crippen molar-refractivity contribution in [2.75, 3.05) is 10.6 Å². The number of Topliss-reactive ketones (excluding diaryl/α,β-unsaturated/α-hetero) is 1. The molecule has 5 nitrogen and oxygen atoms in total. The SMILES string of the molecule is CC(=O)c1cccc(Nc2ccc(NC(=O)c3ccc(F)c(F)c3)nc2)c1. The highest BCUT2D eigenvalue weighted by atomic mass is 19.2. The molecule has 0 bridgehead atoms.